The van der Waals surface area contributed by atoms with Gasteiger partial charge in [-0.15, -0.1) is 0 Å². The van der Waals surface area contributed by atoms with Crippen LogP contribution in [0, 0.1) is 0 Å². The van der Waals surface area contributed by atoms with Gasteiger partial charge >= 0.3 is 0 Å². The number of aromatic nitrogens is 3. The first-order valence-electron chi connectivity index (χ1n) is 17.6. The molecule has 0 amide bonds. The van der Waals surface area contributed by atoms with Crippen molar-refractivity contribution in [3.05, 3.63) is 198 Å². The highest BCUT2D eigenvalue weighted by Gasteiger charge is 2.52. The molecule has 2 heterocycles. The van der Waals surface area contributed by atoms with Gasteiger partial charge in [0.1, 0.15) is 11.5 Å². The van der Waals surface area contributed by atoms with E-state index in [0.29, 0.717) is 17.5 Å². The van der Waals surface area contributed by atoms with E-state index >= 15 is 0 Å². The van der Waals surface area contributed by atoms with Crippen LogP contribution in [0.15, 0.2) is 176 Å². The molecule has 0 saturated heterocycles. The van der Waals surface area contributed by atoms with Gasteiger partial charge in [0.05, 0.1) is 5.41 Å². The first-order chi connectivity index (χ1) is 25.8. The van der Waals surface area contributed by atoms with Gasteiger partial charge in [-0.1, -0.05) is 170 Å². The summed E-state index contributed by atoms with van der Waals surface area (Å²) in [5.41, 5.74) is 9.29. The number of rotatable bonds is 3. The summed E-state index contributed by atoms with van der Waals surface area (Å²) in [6.45, 7) is 0. The van der Waals surface area contributed by atoms with Crippen LogP contribution in [0.1, 0.15) is 22.3 Å². The first-order valence-corrected chi connectivity index (χ1v) is 17.6. The highest BCUT2D eigenvalue weighted by molar-refractivity contribution is 6.04. The van der Waals surface area contributed by atoms with E-state index in [-0.39, 0.29) is 0 Å². The van der Waals surface area contributed by atoms with Crippen molar-refractivity contribution >= 4 is 21.5 Å². The fourth-order valence-electron chi connectivity index (χ4n) is 8.56. The van der Waals surface area contributed by atoms with Gasteiger partial charge in [-0.2, -0.15) is 0 Å². The van der Waals surface area contributed by atoms with Crippen molar-refractivity contribution in [2.45, 2.75) is 5.41 Å². The van der Waals surface area contributed by atoms with Crippen LogP contribution in [-0.4, -0.2) is 15.0 Å². The van der Waals surface area contributed by atoms with Crippen LogP contribution in [0.25, 0.3) is 66.8 Å². The van der Waals surface area contributed by atoms with Crippen LogP contribution in [0.3, 0.4) is 0 Å². The van der Waals surface area contributed by atoms with Crippen molar-refractivity contribution in [2.75, 3.05) is 0 Å². The van der Waals surface area contributed by atoms with Crippen LogP contribution in [-0.2, 0) is 5.41 Å². The van der Waals surface area contributed by atoms with Gasteiger partial charge in [-0.25, -0.2) is 15.0 Å². The second-order valence-corrected chi connectivity index (χ2v) is 13.5. The van der Waals surface area contributed by atoms with Gasteiger partial charge in [0, 0.05) is 38.6 Å². The highest BCUT2D eigenvalue weighted by atomic mass is 16.5. The molecular formula is C48H29N3O. The van der Waals surface area contributed by atoms with E-state index in [1.165, 1.54) is 22.3 Å². The molecule has 0 fully saturated rings. The van der Waals surface area contributed by atoms with Crippen molar-refractivity contribution < 1.29 is 4.74 Å². The van der Waals surface area contributed by atoms with Crippen molar-refractivity contribution in [3.8, 4) is 56.8 Å². The minimum absolute atomic E-state index is 0.616. The number of fused-ring (bicyclic) bond motifs is 13. The van der Waals surface area contributed by atoms with Crippen LogP contribution in [0.2, 0.25) is 0 Å². The van der Waals surface area contributed by atoms with Gasteiger partial charge in [-0.05, 0) is 39.1 Å². The topological polar surface area (TPSA) is 47.9 Å². The van der Waals surface area contributed by atoms with Gasteiger partial charge in [-0.3, -0.25) is 0 Å². The van der Waals surface area contributed by atoms with Crippen LogP contribution in [0.4, 0.5) is 0 Å². The molecule has 0 atom stereocenters. The lowest BCUT2D eigenvalue weighted by Crippen LogP contribution is -2.32. The second kappa shape index (κ2) is 11.0. The number of nitrogens with zero attached hydrogens (tertiary/aromatic N) is 3. The predicted molar refractivity (Wildman–Crippen MR) is 209 cm³/mol. The Kier molecular flexibility index (Phi) is 6.13. The molecule has 1 aliphatic heterocycles. The van der Waals surface area contributed by atoms with E-state index in [1.807, 2.05) is 36.4 Å². The Morgan fingerprint density at radius 3 is 1.50 bits per heavy atom. The maximum Gasteiger partial charge on any atom is 0.164 e. The average molecular weight is 664 g/mol. The van der Waals surface area contributed by atoms with Crippen LogP contribution in [0.5, 0.6) is 11.5 Å². The molecule has 9 aromatic rings. The zero-order valence-corrected chi connectivity index (χ0v) is 28.0. The minimum Gasteiger partial charge on any atom is -0.455 e. The van der Waals surface area contributed by atoms with Crippen molar-refractivity contribution in [1.29, 1.82) is 0 Å². The summed E-state index contributed by atoms with van der Waals surface area (Å²) in [5, 5.41) is 4.27. The van der Waals surface area contributed by atoms with E-state index in [9.17, 15) is 0 Å². The fraction of sp³-hybridized carbons (Fsp3) is 0.0208. The highest BCUT2D eigenvalue weighted by Crippen LogP contribution is 2.64. The Morgan fingerprint density at radius 2 is 0.846 bits per heavy atom. The zero-order chi connectivity index (χ0) is 34.2. The zero-order valence-electron chi connectivity index (χ0n) is 28.0. The number of hydrogen-bond donors (Lipinski definition) is 0. The van der Waals surface area contributed by atoms with Crippen LogP contribution < -0.4 is 4.74 Å². The van der Waals surface area contributed by atoms with E-state index in [4.69, 9.17) is 19.7 Å². The second-order valence-electron chi connectivity index (χ2n) is 13.5. The van der Waals surface area contributed by atoms with Crippen molar-refractivity contribution in [1.82, 2.24) is 15.0 Å². The van der Waals surface area contributed by atoms with Gasteiger partial charge in [0.15, 0.2) is 17.5 Å². The SMILES string of the molecule is c1ccc(-c2nc(-c3ccccc3)nc(-c3cc4c(c5ccccc35)Oc3c(ccc5ccccc35)C43c4ccccc4-c4ccccc43)n2)cc1. The molecule has 0 unspecified atom stereocenters. The van der Waals surface area contributed by atoms with Crippen molar-refractivity contribution in [2.24, 2.45) is 0 Å². The molecule has 0 saturated carbocycles. The number of hydrogen-bond acceptors (Lipinski definition) is 4. The molecule has 1 aromatic heterocycles. The average Bonchev–Trinajstić information content (AvgIpc) is 3.51. The minimum atomic E-state index is -0.656. The normalized spacial score (nSPS) is 13.3. The maximum atomic E-state index is 7.24. The summed E-state index contributed by atoms with van der Waals surface area (Å²) >= 11 is 0. The Hall–Kier alpha value is -6.91. The third-order valence-electron chi connectivity index (χ3n) is 10.8. The Morgan fingerprint density at radius 1 is 0.346 bits per heavy atom. The molecule has 8 aromatic carbocycles. The lowest BCUT2D eigenvalue weighted by molar-refractivity contribution is 0.447. The summed E-state index contributed by atoms with van der Waals surface area (Å²) in [4.78, 5) is 15.5. The molecule has 11 rings (SSSR count). The molecule has 242 valence electrons. The molecule has 4 heteroatoms. The van der Waals surface area contributed by atoms with E-state index < -0.39 is 5.41 Å². The Balaban J connectivity index is 1.29. The number of ether oxygens (including phenoxy) is 1. The molecule has 0 radical (unpaired) electrons. The Labute approximate surface area is 300 Å². The fourth-order valence-corrected chi connectivity index (χ4v) is 8.56. The van der Waals surface area contributed by atoms with E-state index in [2.05, 4.69) is 140 Å². The molecule has 4 nitrogen and oxygen atoms in total. The molecule has 52 heavy (non-hydrogen) atoms. The summed E-state index contributed by atoms with van der Waals surface area (Å²) in [7, 11) is 0. The van der Waals surface area contributed by atoms with Crippen LogP contribution >= 0.6 is 0 Å². The lowest BCUT2D eigenvalue weighted by atomic mass is 9.65. The maximum absolute atomic E-state index is 7.24. The summed E-state index contributed by atoms with van der Waals surface area (Å²) in [5.74, 6) is 3.63. The van der Waals surface area contributed by atoms with Gasteiger partial charge in [0.25, 0.3) is 0 Å². The smallest absolute Gasteiger partial charge is 0.164 e. The standard InChI is InChI=1S/C48H29N3O/c1-3-16-31(17-4-1)45-49-46(32-18-5-2-6-19-32)51-47(50-45)38-29-42-44(37-24-10-9-21-34(37)38)52-43-33-20-8-7-15-30(33)27-28-41(43)48(42)39-25-13-11-22-35(39)36-23-12-14-26-40(36)48/h1-29H. The monoisotopic (exact) mass is 663 g/mol. The summed E-state index contributed by atoms with van der Waals surface area (Å²) in [6.07, 6.45) is 0. The van der Waals surface area contributed by atoms with Gasteiger partial charge < -0.3 is 4.74 Å². The molecule has 1 aliphatic carbocycles. The van der Waals surface area contributed by atoms with E-state index in [1.54, 1.807) is 0 Å². The molecule has 0 N–H and O–H groups in total. The van der Waals surface area contributed by atoms with Gasteiger partial charge in [0.2, 0.25) is 0 Å². The molecule has 1 spiro atoms. The van der Waals surface area contributed by atoms with Crippen molar-refractivity contribution in [3.63, 3.8) is 0 Å². The lowest BCUT2D eigenvalue weighted by Gasteiger charge is -2.40. The number of benzene rings is 8. The van der Waals surface area contributed by atoms with E-state index in [0.717, 1.165) is 60.9 Å². The summed E-state index contributed by atoms with van der Waals surface area (Å²) in [6, 6.07) is 61.9. The first kappa shape index (κ1) is 28.9. The third-order valence-corrected chi connectivity index (χ3v) is 10.8. The third kappa shape index (κ3) is 4.00. The molecular weight excluding hydrogens is 635 g/mol. The summed E-state index contributed by atoms with van der Waals surface area (Å²) < 4.78 is 7.24. The predicted octanol–water partition coefficient (Wildman–Crippen LogP) is 11.6. The molecule has 0 bridgehead atoms. The quantitative estimate of drug-likeness (QED) is 0.189. The largest absolute Gasteiger partial charge is 0.455 e. The molecule has 2 aliphatic rings. The Bertz CT molecular complexity index is 2780.